The Kier molecular flexibility index (Phi) is 3.27. The molecule has 2 heterocycles. The average molecular weight is 232 g/mol. The van der Waals surface area contributed by atoms with Gasteiger partial charge in [0, 0.05) is 24.2 Å². The van der Waals surface area contributed by atoms with E-state index < -0.39 is 0 Å². The van der Waals surface area contributed by atoms with Gasteiger partial charge in [-0.3, -0.25) is 0 Å². The molecule has 2 aromatic rings. The molecule has 3 N–H and O–H groups in total. The van der Waals surface area contributed by atoms with Gasteiger partial charge in [0.15, 0.2) is 0 Å². The lowest BCUT2D eigenvalue weighted by Crippen LogP contribution is -2.19. The standard InChI is InChI=1S/C12H16N4O/c1-8(6-10-4-3-5-17-10)14-11-7-9(2)15-12(13)16-11/h3-5,7-8H,6H2,1-2H3,(H3,13,14,15,16). The molecule has 90 valence electrons. The van der Waals surface area contributed by atoms with Gasteiger partial charge in [-0.2, -0.15) is 4.98 Å². The number of hydrogen-bond acceptors (Lipinski definition) is 5. The molecule has 5 heteroatoms. The quantitative estimate of drug-likeness (QED) is 0.843. The van der Waals surface area contributed by atoms with Gasteiger partial charge in [0.1, 0.15) is 11.6 Å². The SMILES string of the molecule is Cc1cc(NC(C)Cc2ccco2)nc(N)n1. The topological polar surface area (TPSA) is 77.0 Å². The van der Waals surface area contributed by atoms with Crippen molar-refractivity contribution in [2.45, 2.75) is 26.3 Å². The van der Waals surface area contributed by atoms with Crippen molar-refractivity contribution in [3.05, 3.63) is 35.9 Å². The molecule has 0 saturated heterocycles. The van der Waals surface area contributed by atoms with Gasteiger partial charge in [0.2, 0.25) is 5.95 Å². The van der Waals surface area contributed by atoms with Crippen molar-refractivity contribution in [1.82, 2.24) is 9.97 Å². The third-order valence-electron chi connectivity index (χ3n) is 2.35. The summed E-state index contributed by atoms with van der Waals surface area (Å²) in [4.78, 5) is 8.15. The zero-order valence-corrected chi connectivity index (χ0v) is 9.97. The van der Waals surface area contributed by atoms with Crippen molar-refractivity contribution in [3.8, 4) is 0 Å². The first-order valence-electron chi connectivity index (χ1n) is 5.53. The summed E-state index contributed by atoms with van der Waals surface area (Å²) < 4.78 is 5.29. The summed E-state index contributed by atoms with van der Waals surface area (Å²) in [5.41, 5.74) is 6.44. The maximum Gasteiger partial charge on any atom is 0.222 e. The van der Waals surface area contributed by atoms with Crippen LogP contribution in [0.2, 0.25) is 0 Å². The summed E-state index contributed by atoms with van der Waals surface area (Å²) in [6, 6.07) is 5.93. The molecular weight excluding hydrogens is 216 g/mol. The second-order valence-electron chi connectivity index (χ2n) is 4.08. The molecule has 0 fully saturated rings. The van der Waals surface area contributed by atoms with E-state index in [2.05, 4.69) is 22.2 Å². The number of furan rings is 1. The average Bonchev–Trinajstić information content (AvgIpc) is 2.67. The van der Waals surface area contributed by atoms with E-state index in [-0.39, 0.29) is 12.0 Å². The number of aryl methyl sites for hydroxylation is 1. The van der Waals surface area contributed by atoms with Gasteiger partial charge in [-0.25, -0.2) is 4.98 Å². The molecule has 0 aliphatic heterocycles. The lowest BCUT2D eigenvalue weighted by molar-refractivity contribution is 0.497. The fraction of sp³-hybridized carbons (Fsp3) is 0.333. The van der Waals surface area contributed by atoms with E-state index in [0.29, 0.717) is 0 Å². The fourth-order valence-corrected chi connectivity index (χ4v) is 1.70. The smallest absolute Gasteiger partial charge is 0.222 e. The number of hydrogen-bond donors (Lipinski definition) is 2. The first-order chi connectivity index (χ1) is 8.13. The zero-order chi connectivity index (χ0) is 12.3. The zero-order valence-electron chi connectivity index (χ0n) is 9.97. The van der Waals surface area contributed by atoms with Crippen LogP contribution in [0.4, 0.5) is 11.8 Å². The fourth-order valence-electron chi connectivity index (χ4n) is 1.70. The van der Waals surface area contributed by atoms with Crippen molar-refractivity contribution in [2.24, 2.45) is 0 Å². The minimum Gasteiger partial charge on any atom is -0.469 e. The van der Waals surface area contributed by atoms with Crippen molar-refractivity contribution in [2.75, 3.05) is 11.1 Å². The van der Waals surface area contributed by atoms with E-state index in [1.807, 2.05) is 25.1 Å². The summed E-state index contributed by atoms with van der Waals surface area (Å²) in [5, 5.41) is 3.27. The third kappa shape index (κ3) is 3.21. The number of aromatic nitrogens is 2. The van der Waals surface area contributed by atoms with Crippen molar-refractivity contribution < 1.29 is 4.42 Å². The first kappa shape index (κ1) is 11.4. The highest BCUT2D eigenvalue weighted by Gasteiger charge is 2.07. The first-order valence-corrected chi connectivity index (χ1v) is 5.53. The summed E-state index contributed by atoms with van der Waals surface area (Å²) in [5.74, 6) is 1.98. The number of rotatable bonds is 4. The molecule has 5 nitrogen and oxygen atoms in total. The molecule has 0 aromatic carbocycles. The monoisotopic (exact) mass is 232 g/mol. The lowest BCUT2D eigenvalue weighted by Gasteiger charge is -2.13. The molecule has 0 aliphatic rings. The van der Waals surface area contributed by atoms with Crippen LogP contribution in [0, 0.1) is 6.92 Å². The number of anilines is 2. The van der Waals surface area contributed by atoms with Crippen LogP contribution in [0.15, 0.2) is 28.9 Å². The van der Waals surface area contributed by atoms with Gasteiger partial charge in [-0.1, -0.05) is 0 Å². The second kappa shape index (κ2) is 4.86. The van der Waals surface area contributed by atoms with E-state index in [9.17, 15) is 0 Å². The number of nitrogens with one attached hydrogen (secondary N) is 1. The van der Waals surface area contributed by atoms with Crippen LogP contribution in [0.5, 0.6) is 0 Å². The Morgan fingerprint density at radius 3 is 2.94 bits per heavy atom. The molecule has 17 heavy (non-hydrogen) atoms. The molecule has 0 saturated carbocycles. The molecule has 0 radical (unpaired) electrons. The van der Waals surface area contributed by atoms with Crippen LogP contribution in [0.25, 0.3) is 0 Å². The minimum atomic E-state index is 0.217. The summed E-state index contributed by atoms with van der Waals surface area (Å²) in [6.07, 6.45) is 2.48. The van der Waals surface area contributed by atoms with E-state index in [1.54, 1.807) is 6.26 Å². The van der Waals surface area contributed by atoms with E-state index >= 15 is 0 Å². The molecule has 1 atom stereocenters. The van der Waals surface area contributed by atoms with Crippen molar-refractivity contribution in [3.63, 3.8) is 0 Å². The molecule has 2 rings (SSSR count). The number of nitrogens with zero attached hydrogens (tertiary/aromatic N) is 2. The number of nitrogen functional groups attached to an aromatic ring is 1. The Morgan fingerprint density at radius 1 is 1.47 bits per heavy atom. The van der Waals surface area contributed by atoms with E-state index in [1.165, 1.54) is 0 Å². The molecule has 1 unspecified atom stereocenters. The largest absolute Gasteiger partial charge is 0.469 e. The number of nitrogens with two attached hydrogens (primary N) is 1. The third-order valence-corrected chi connectivity index (χ3v) is 2.35. The Morgan fingerprint density at radius 2 is 2.29 bits per heavy atom. The minimum absolute atomic E-state index is 0.217. The maximum absolute atomic E-state index is 5.59. The predicted octanol–water partition coefficient (Wildman–Crippen LogP) is 2.00. The molecule has 0 aliphatic carbocycles. The predicted molar refractivity (Wildman–Crippen MR) is 66.7 cm³/mol. The van der Waals surface area contributed by atoms with Gasteiger partial charge in [0.05, 0.1) is 6.26 Å². The molecule has 0 amide bonds. The highest BCUT2D eigenvalue weighted by atomic mass is 16.3. The van der Waals surface area contributed by atoms with Gasteiger partial charge in [0.25, 0.3) is 0 Å². The van der Waals surface area contributed by atoms with Crippen LogP contribution in [-0.2, 0) is 6.42 Å². The lowest BCUT2D eigenvalue weighted by atomic mass is 10.2. The maximum atomic E-state index is 5.59. The highest BCUT2D eigenvalue weighted by Crippen LogP contribution is 2.11. The van der Waals surface area contributed by atoms with Crippen LogP contribution in [0.3, 0.4) is 0 Å². The van der Waals surface area contributed by atoms with Gasteiger partial charge in [-0.15, -0.1) is 0 Å². The highest BCUT2D eigenvalue weighted by molar-refractivity contribution is 5.41. The summed E-state index contributed by atoms with van der Waals surface area (Å²) >= 11 is 0. The molecule has 0 spiro atoms. The van der Waals surface area contributed by atoms with Crippen LogP contribution < -0.4 is 11.1 Å². The Hall–Kier alpha value is -2.04. The van der Waals surface area contributed by atoms with Crippen LogP contribution in [-0.4, -0.2) is 16.0 Å². The van der Waals surface area contributed by atoms with Crippen molar-refractivity contribution in [1.29, 1.82) is 0 Å². The van der Waals surface area contributed by atoms with E-state index in [0.717, 1.165) is 23.7 Å². The molecule has 2 aromatic heterocycles. The Balaban J connectivity index is 2.00. The second-order valence-corrected chi connectivity index (χ2v) is 4.08. The van der Waals surface area contributed by atoms with Gasteiger partial charge in [-0.05, 0) is 26.0 Å². The molecular formula is C12H16N4O. The van der Waals surface area contributed by atoms with Crippen molar-refractivity contribution >= 4 is 11.8 Å². The molecule has 0 bridgehead atoms. The Bertz CT molecular complexity index is 461. The summed E-state index contributed by atoms with van der Waals surface area (Å²) in [7, 11) is 0. The van der Waals surface area contributed by atoms with E-state index in [4.69, 9.17) is 10.2 Å². The Labute approximate surface area is 100 Å². The van der Waals surface area contributed by atoms with Crippen LogP contribution in [0.1, 0.15) is 18.4 Å². The van der Waals surface area contributed by atoms with Crippen LogP contribution >= 0.6 is 0 Å². The normalized spacial score (nSPS) is 12.4. The summed E-state index contributed by atoms with van der Waals surface area (Å²) in [6.45, 7) is 3.95. The van der Waals surface area contributed by atoms with Gasteiger partial charge < -0.3 is 15.5 Å². The van der Waals surface area contributed by atoms with Gasteiger partial charge >= 0.3 is 0 Å².